The summed E-state index contributed by atoms with van der Waals surface area (Å²) in [5, 5.41) is 0. The molecule has 0 spiro atoms. The van der Waals surface area contributed by atoms with Crippen molar-refractivity contribution in [3.05, 3.63) is 50.6 Å². The molecule has 0 unspecified atom stereocenters. The molecular formula is C110H212O8. The van der Waals surface area contributed by atoms with Gasteiger partial charge in [-0.25, -0.2) is 19.2 Å². The van der Waals surface area contributed by atoms with Crippen LogP contribution in [-0.4, -0.2) is 50.3 Å². The zero-order chi connectivity index (χ0) is 86.4. The summed E-state index contributed by atoms with van der Waals surface area (Å²) in [6.07, 6.45) is 130. The second-order valence-electron chi connectivity index (χ2n) is 35.9. The first-order valence-corrected chi connectivity index (χ1v) is 53.4. The number of ether oxygens (including phenoxy) is 4. The smallest absolute Gasteiger partial charge is 0.330 e. The Bertz CT molecular complexity index is 1910. The van der Waals surface area contributed by atoms with Gasteiger partial charge in [-0.3, -0.25) is 0 Å². The normalized spacial score (nSPS) is 10.9. The van der Waals surface area contributed by atoms with Gasteiger partial charge in [-0.1, -0.05) is 606 Å². The van der Waals surface area contributed by atoms with Crippen LogP contribution < -0.4 is 0 Å². The van der Waals surface area contributed by atoms with E-state index in [1.54, 1.807) is 0 Å². The van der Waals surface area contributed by atoms with Crippen molar-refractivity contribution in [2.75, 3.05) is 26.4 Å². The number of unbranched alkanes of at least 4 members (excludes halogenated alkanes) is 86. The molecule has 0 aliphatic heterocycles. The number of carbonyl (C=O) groups is 4. The van der Waals surface area contributed by atoms with Crippen LogP contribution in [0.3, 0.4) is 0 Å². The Kier molecular flexibility index (Phi) is 121. The molecular weight excluding hydrogens is 1450 g/mol. The summed E-state index contributed by atoms with van der Waals surface area (Å²) in [4.78, 5) is 43.6. The standard InChI is InChI=1S/C29H56O2.C28H54O2.C27H52O2.C26H50O2/c1-3-5-6-7-8-9-10-11-12-13-14-15-16-17-18-19-20-21-22-23-24-25-26-27-28-31-29(30)4-2;1-3-5-6-7-8-9-10-11-12-13-14-15-16-17-18-19-20-21-22-23-24-25-26-27-30-28(29)4-2;1-3-5-6-7-8-9-10-11-12-13-14-15-16-17-18-19-20-21-22-23-24-25-26-29-27(28)4-2;1-3-5-6-7-8-9-10-11-12-13-14-15-16-17-18-19-20-21-22-23-24-25-28-26(27)4-2/h4H,2-3,5-28H2,1H3;4H,2-3,5-27H2,1H3;4H,2-3,5-26H2,1H3;4H,2-3,5-25H2,1H3. The minimum Gasteiger partial charge on any atom is -0.463 e. The highest BCUT2D eigenvalue weighted by molar-refractivity contribution is 5.82. The highest BCUT2D eigenvalue weighted by Gasteiger charge is 2.05. The first-order valence-electron chi connectivity index (χ1n) is 53.4. The molecule has 0 atom stereocenters. The highest BCUT2D eigenvalue weighted by atomic mass is 16.5. The molecule has 0 aromatic carbocycles. The first kappa shape index (κ1) is 121. The van der Waals surface area contributed by atoms with Gasteiger partial charge in [0, 0.05) is 24.3 Å². The average Bonchev–Trinajstić information content (AvgIpc) is 1.13. The summed E-state index contributed by atoms with van der Waals surface area (Å²) in [5.41, 5.74) is 0. The van der Waals surface area contributed by atoms with Crippen LogP contribution in [0.1, 0.15) is 606 Å². The lowest BCUT2D eigenvalue weighted by molar-refractivity contribution is -0.138. The molecule has 0 aliphatic carbocycles. The molecule has 0 saturated heterocycles. The van der Waals surface area contributed by atoms with E-state index in [0.29, 0.717) is 26.4 Å². The van der Waals surface area contributed by atoms with Crippen molar-refractivity contribution in [1.29, 1.82) is 0 Å². The van der Waals surface area contributed by atoms with E-state index in [-0.39, 0.29) is 23.9 Å². The molecule has 0 aliphatic rings. The first-order chi connectivity index (χ1) is 58.2. The van der Waals surface area contributed by atoms with Crippen LogP contribution >= 0.6 is 0 Å². The van der Waals surface area contributed by atoms with E-state index in [0.717, 1.165) is 25.7 Å². The summed E-state index contributed by atoms with van der Waals surface area (Å²) in [6.45, 7) is 24.9. The Morgan fingerprint density at radius 2 is 0.203 bits per heavy atom. The van der Waals surface area contributed by atoms with E-state index < -0.39 is 0 Å². The molecule has 0 aromatic rings. The molecule has 0 bridgehead atoms. The molecule has 700 valence electrons. The van der Waals surface area contributed by atoms with Gasteiger partial charge in [-0.2, -0.15) is 0 Å². The van der Waals surface area contributed by atoms with E-state index in [1.165, 1.54) is 576 Å². The van der Waals surface area contributed by atoms with Crippen molar-refractivity contribution in [3.8, 4) is 0 Å². The van der Waals surface area contributed by atoms with E-state index in [1.807, 2.05) is 0 Å². The Morgan fingerprint density at radius 1 is 0.136 bits per heavy atom. The Labute approximate surface area is 740 Å². The second-order valence-corrected chi connectivity index (χ2v) is 35.9. The van der Waals surface area contributed by atoms with Crippen LogP contribution in [-0.2, 0) is 38.1 Å². The fraction of sp³-hybridized carbons (Fsp3) is 0.891. The summed E-state index contributed by atoms with van der Waals surface area (Å²) in [5.74, 6) is -1.19. The molecule has 0 rings (SSSR count). The van der Waals surface area contributed by atoms with Gasteiger partial charge < -0.3 is 18.9 Å². The van der Waals surface area contributed by atoms with Crippen molar-refractivity contribution < 1.29 is 38.1 Å². The predicted octanol–water partition coefficient (Wildman–Crippen LogP) is 38.1. The van der Waals surface area contributed by atoms with Crippen molar-refractivity contribution >= 4 is 23.9 Å². The molecule has 0 aromatic heterocycles. The van der Waals surface area contributed by atoms with Gasteiger partial charge in [0.15, 0.2) is 0 Å². The van der Waals surface area contributed by atoms with Crippen molar-refractivity contribution in [3.63, 3.8) is 0 Å². The maximum atomic E-state index is 10.9. The zero-order valence-electron chi connectivity index (χ0n) is 80.9. The lowest BCUT2D eigenvalue weighted by Crippen LogP contribution is -2.01. The van der Waals surface area contributed by atoms with Crippen molar-refractivity contribution in [2.45, 2.75) is 606 Å². The largest absolute Gasteiger partial charge is 0.463 e. The van der Waals surface area contributed by atoms with Crippen LogP contribution in [0.15, 0.2) is 50.6 Å². The summed E-state index contributed by atoms with van der Waals surface area (Å²) in [7, 11) is 0. The minimum atomic E-state index is -0.298. The van der Waals surface area contributed by atoms with E-state index >= 15 is 0 Å². The molecule has 0 radical (unpaired) electrons. The SMILES string of the molecule is C=CC(=O)OCCCCCCCCCCCCCCCCCCCCCCC.C=CC(=O)OCCCCCCCCCCCCCCCCCCCCCCCC.C=CC(=O)OCCCCCCCCCCCCCCCCCCCCCCCCC.C=CC(=O)OCCCCCCCCCCCCCCCCCCCCCCCCCC. The van der Waals surface area contributed by atoms with Gasteiger partial charge in [0.1, 0.15) is 0 Å². The van der Waals surface area contributed by atoms with Crippen LogP contribution in [0.2, 0.25) is 0 Å². The summed E-state index contributed by atoms with van der Waals surface area (Å²) in [6, 6.07) is 0. The van der Waals surface area contributed by atoms with Gasteiger partial charge in [-0.05, 0) is 25.7 Å². The number of hydrogen-bond acceptors (Lipinski definition) is 8. The third kappa shape index (κ3) is 124. The zero-order valence-corrected chi connectivity index (χ0v) is 80.9. The third-order valence-electron chi connectivity index (χ3n) is 24.1. The average molecular weight is 1660 g/mol. The fourth-order valence-corrected chi connectivity index (χ4v) is 16.1. The van der Waals surface area contributed by atoms with Gasteiger partial charge in [0.25, 0.3) is 0 Å². The van der Waals surface area contributed by atoms with Gasteiger partial charge in [0.05, 0.1) is 26.4 Å². The maximum absolute atomic E-state index is 10.9. The van der Waals surface area contributed by atoms with Crippen molar-refractivity contribution in [1.82, 2.24) is 0 Å². The van der Waals surface area contributed by atoms with E-state index in [2.05, 4.69) is 54.0 Å². The van der Waals surface area contributed by atoms with Crippen LogP contribution in [0, 0.1) is 0 Å². The fourth-order valence-electron chi connectivity index (χ4n) is 16.1. The van der Waals surface area contributed by atoms with E-state index in [4.69, 9.17) is 18.9 Å². The summed E-state index contributed by atoms with van der Waals surface area (Å²) >= 11 is 0. The molecule has 118 heavy (non-hydrogen) atoms. The number of hydrogen-bond donors (Lipinski definition) is 0. The molecule has 8 heteroatoms. The van der Waals surface area contributed by atoms with Gasteiger partial charge >= 0.3 is 23.9 Å². The quantitative estimate of drug-likeness (QED) is 0.0257. The predicted molar refractivity (Wildman–Crippen MR) is 523 cm³/mol. The molecule has 0 amide bonds. The Hall–Kier alpha value is -3.16. The topological polar surface area (TPSA) is 105 Å². The minimum absolute atomic E-state index is 0.297. The molecule has 0 fully saturated rings. The Balaban J connectivity index is -0.000000735. The summed E-state index contributed by atoms with van der Waals surface area (Å²) < 4.78 is 19.9. The van der Waals surface area contributed by atoms with Gasteiger partial charge in [0.2, 0.25) is 0 Å². The van der Waals surface area contributed by atoms with Crippen LogP contribution in [0.25, 0.3) is 0 Å². The van der Waals surface area contributed by atoms with E-state index in [9.17, 15) is 19.2 Å². The lowest BCUT2D eigenvalue weighted by atomic mass is 10.0. The molecule has 0 heterocycles. The number of carbonyl (C=O) groups excluding carboxylic acids is 4. The molecule has 8 nitrogen and oxygen atoms in total. The monoisotopic (exact) mass is 1660 g/mol. The second kappa shape index (κ2) is 118. The highest BCUT2D eigenvalue weighted by Crippen LogP contribution is 2.22. The number of esters is 4. The maximum Gasteiger partial charge on any atom is 0.330 e. The van der Waals surface area contributed by atoms with Crippen LogP contribution in [0.4, 0.5) is 0 Å². The van der Waals surface area contributed by atoms with Crippen molar-refractivity contribution in [2.24, 2.45) is 0 Å². The Morgan fingerprint density at radius 3 is 0.271 bits per heavy atom. The third-order valence-corrected chi connectivity index (χ3v) is 24.1. The molecule has 0 N–H and O–H groups in total. The number of rotatable bonds is 98. The van der Waals surface area contributed by atoms with Crippen LogP contribution in [0.5, 0.6) is 0 Å². The molecule has 0 saturated carbocycles. The lowest BCUT2D eigenvalue weighted by Gasteiger charge is -2.04. The van der Waals surface area contributed by atoms with Gasteiger partial charge in [-0.15, -0.1) is 0 Å².